The highest BCUT2D eigenvalue weighted by Gasteiger charge is 2.48. The summed E-state index contributed by atoms with van der Waals surface area (Å²) < 4.78 is 77.6. The molecule has 16 nitrogen and oxygen atoms in total. The highest BCUT2D eigenvalue weighted by atomic mass is 32.1. The summed E-state index contributed by atoms with van der Waals surface area (Å²) in [6.45, 7) is 3.65. The zero-order chi connectivity index (χ0) is 49.5. The molecular weight excluding hydrogens is 947 g/mol. The first-order valence-electron chi connectivity index (χ1n) is 20.6. The van der Waals surface area contributed by atoms with E-state index in [9.17, 15) is 66.6 Å². The molecule has 24 heteroatoms. The predicted octanol–water partition coefficient (Wildman–Crippen LogP) is 8.50. The molecule has 0 bridgehead atoms. The zero-order valence-electron chi connectivity index (χ0n) is 35.9. The number of rotatable bonds is 10. The molecule has 0 aliphatic heterocycles. The SMILES string of the molecule is Cc1cc(Nc2nccc(C(F)(F)F)n2)cc(-c2cnc(C3(O)CCC(O)(C(=O)O)CC3)s2)c1.Cc1cc(Nc2nccc(C(F)(F)F)n2)cc(-c2cnc(C3(O)CCC(O)(C(=O)O)CC3)s2)c1. The molecule has 68 heavy (non-hydrogen) atoms. The zero-order valence-corrected chi connectivity index (χ0v) is 37.5. The van der Waals surface area contributed by atoms with E-state index < -0.39 is 58.1 Å². The Bertz CT molecular complexity index is 2630. The fourth-order valence-corrected chi connectivity index (χ4v) is 9.76. The minimum absolute atomic E-state index is 0.0518. The molecule has 2 saturated carbocycles. The Kier molecular flexibility index (Phi) is 13.7. The summed E-state index contributed by atoms with van der Waals surface area (Å²) in [5.41, 5.74) is -4.46. The number of aryl methyl sites for hydroxylation is 2. The van der Waals surface area contributed by atoms with Gasteiger partial charge in [0.05, 0.1) is 9.75 Å². The molecular formula is C44H42F6N8O8S2. The first-order chi connectivity index (χ1) is 31.8. The van der Waals surface area contributed by atoms with Gasteiger partial charge >= 0.3 is 24.3 Å². The van der Waals surface area contributed by atoms with Crippen LogP contribution >= 0.6 is 22.7 Å². The van der Waals surface area contributed by atoms with Crippen molar-refractivity contribution in [2.45, 2.75) is 100.0 Å². The summed E-state index contributed by atoms with van der Waals surface area (Å²) in [6, 6.07) is 12.2. The fraction of sp³-hybridized carbons (Fsp3) is 0.364. The summed E-state index contributed by atoms with van der Waals surface area (Å²) in [5.74, 6) is -3.00. The van der Waals surface area contributed by atoms with Gasteiger partial charge in [-0.2, -0.15) is 26.3 Å². The minimum Gasteiger partial charge on any atom is -0.479 e. The van der Waals surface area contributed by atoms with Crippen LogP contribution in [-0.4, -0.2) is 83.7 Å². The summed E-state index contributed by atoms with van der Waals surface area (Å²) in [6.07, 6.45) is -4.13. The maximum absolute atomic E-state index is 12.9. The van der Waals surface area contributed by atoms with E-state index >= 15 is 0 Å². The van der Waals surface area contributed by atoms with Gasteiger partial charge in [-0.25, -0.2) is 39.5 Å². The number of nitrogens with one attached hydrogen (secondary N) is 2. The van der Waals surface area contributed by atoms with Crippen LogP contribution in [0.3, 0.4) is 0 Å². The number of alkyl halides is 6. The van der Waals surface area contributed by atoms with Crippen LogP contribution in [0.5, 0.6) is 0 Å². The van der Waals surface area contributed by atoms with Crippen LogP contribution in [0.15, 0.2) is 73.3 Å². The van der Waals surface area contributed by atoms with Crippen molar-refractivity contribution in [3.63, 3.8) is 0 Å². The van der Waals surface area contributed by atoms with Gasteiger partial charge in [-0.15, -0.1) is 22.7 Å². The Morgan fingerprint density at radius 2 is 0.912 bits per heavy atom. The standard InChI is InChI=1S/2C22H21F3N4O4S/c2*1-12-8-13(10-14(9-12)28-19-26-7-2-16(29-19)22(23,24)25)15-11-27-17(34-15)20(32)3-5-21(33,6-4-20)18(30)31/h2*2,7-11,32-33H,3-6H2,1H3,(H,30,31)(H,26,28,29). The van der Waals surface area contributed by atoms with Crippen LogP contribution in [0.2, 0.25) is 0 Å². The van der Waals surface area contributed by atoms with Crippen LogP contribution in [0.1, 0.15) is 83.9 Å². The van der Waals surface area contributed by atoms with E-state index in [0.29, 0.717) is 31.1 Å². The van der Waals surface area contributed by atoms with Crippen LogP contribution in [-0.2, 0) is 33.1 Å². The van der Waals surface area contributed by atoms with Gasteiger partial charge in [0, 0.05) is 36.2 Å². The molecule has 0 amide bonds. The average molecular weight is 989 g/mol. The van der Waals surface area contributed by atoms with E-state index in [1.165, 1.54) is 22.7 Å². The first-order valence-corrected chi connectivity index (χ1v) is 22.3. The highest BCUT2D eigenvalue weighted by molar-refractivity contribution is 7.15. The maximum Gasteiger partial charge on any atom is 0.433 e. The van der Waals surface area contributed by atoms with Crippen molar-refractivity contribution in [2.24, 2.45) is 0 Å². The van der Waals surface area contributed by atoms with E-state index in [2.05, 4.69) is 40.5 Å². The van der Waals surface area contributed by atoms with Crippen molar-refractivity contribution in [1.82, 2.24) is 29.9 Å². The number of carbonyl (C=O) groups is 2. The molecule has 8 N–H and O–H groups in total. The Labute approximate surface area is 390 Å². The van der Waals surface area contributed by atoms with Gasteiger partial charge in [-0.1, -0.05) is 12.1 Å². The van der Waals surface area contributed by atoms with E-state index in [0.717, 1.165) is 46.8 Å². The largest absolute Gasteiger partial charge is 0.479 e. The Morgan fingerprint density at radius 1 is 0.559 bits per heavy atom. The molecule has 2 aromatic carbocycles. The molecule has 4 heterocycles. The van der Waals surface area contributed by atoms with Gasteiger partial charge in [0.2, 0.25) is 11.9 Å². The van der Waals surface area contributed by atoms with Crippen molar-refractivity contribution in [2.75, 3.05) is 10.6 Å². The lowest BCUT2D eigenvalue weighted by molar-refractivity contribution is -0.169. The van der Waals surface area contributed by atoms with Crippen molar-refractivity contribution < 1.29 is 66.6 Å². The number of anilines is 4. The molecule has 2 aliphatic rings. The third kappa shape index (κ3) is 11.2. The normalized spacial score (nSPS) is 23.0. The lowest BCUT2D eigenvalue weighted by atomic mass is 9.76. The smallest absolute Gasteiger partial charge is 0.433 e. The topological polar surface area (TPSA) is 257 Å². The molecule has 0 unspecified atom stereocenters. The molecule has 6 aromatic rings. The van der Waals surface area contributed by atoms with Gasteiger partial charge < -0.3 is 41.3 Å². The summed E-state index contributed by atoms with van der Waals surface area (Å²) >= 11 is 2.46. The molecule has 0 radical (unpaired) electrons. The second-order valence-corrected chi connectivity index (χ2v) is 18.8. The quantitative estimate of drug-likeness (QED) is 0.0599. The predicted molar refractivity (Wildman–Crippen MR) is 235 cm³/mol. The first kappa shape index (κ1) is 49.7. The average Bonchev–Trinajstić information content (AvgIpc) is 3.98. The minimum atomic E-state index is -4.59. The number of aliphatic hydroxyl groups is 4. The summed E-state index contributed by atoms with van der Waals surface area (Å²) in [4.78, 5) is 47.3. The molecule has 8 rings (SSSR count). The maximum atomic E-state index is 12.9. The number of halogens is 6. The van der Waals surface area contributed by atoms with Gasteiger partial charge in [0.25, 0.3) is 0 Å². The van der Waals surface area contributed by atoms with Crippen LogP contribution < -0.4 is 10.6 Å². The van der Waals surface area contributed by atoms with Gasteiger partial charge in [0.15, 0.2) is 11.2 Å². The van der Waals surface area contributed by atoms with E-state index in [-0.39, 0.29) is 63.3 Å². The summed E-state index contributed by atoms with van der Waals surface area (Å²) in [5, 5.41) is 67.1. The Balaban J connectivity index is 0.000000201. The number of aromatic nitrogens is 6. The van der Waals surface area contributed by atoms with E-state index in [4.69, 9.17) is 0 Å². The Hall–Kier alpha value is -6.18. The van der Waals surface area contributed by atoms with E-state index in [1.54, 1.807) is 36.7 Å². The number of hydrogen-bond acceptors (Lipinski definition) is 16. The lowest BCUT2D eigenvalue weighted by Crippen LogP contribution is -2.46. The van der Waals surface area contributed by atoms with Crippen LogP contribution in [0.4, 0.5) is 49.6 Å². The van der Waals surface area contributed by atoms with Crippen molar-refractivity contribution >= 4 is 57.9 Å². The lowest BCUT2D eigenvalue weighted by Gasteiger charge is -2.37. The number of hydrogen-bond donors (Lipinski definition) is 8. The fourth-order valence-electron chi connectivity index (χ4n) is 7.66. The van der Waals surface area contributed by atoms with Crippen molar-refractivity contribution in [3.05, 3.63) is 106 Å². The molecule has 4 aromatic heterocycles. The van der Waals surface area contributed by atoms with Crippen molar-refractivity contribution in [3.8, 4) is 20.9 Å². The van der Waals surface area contributed by atoms with Crippen molar-refractivity contribution in [1.29, 1.82) is 0 Å². The second kappa shape index (κ2) is 18.7. The number of carboxylic acids is 2. The Morgan fingerprint density at radius 3 is 1.24 bits per heavy atom. The number of carboxylic acid groups (broad SMARTS) is 2. The highest BCUT2D eigenvalue weighted by Crippen LogP contribution is 2.46. The molecule has 2 fully saturated rings. The molecule has 0 atom stereocenters. The molecule has 2 aliphatic carbocycles. The molecule has 0 saturated heterocycles. The monoisotopic (exact) mass is 988 g/mol. The number of thiazole rings is 2. The summed E-state index contributed by atoms with van der Waals surface area (Å²) in [7, 11) is 0. The third-order valence-corrected chi connectivity index (χ3v) is 14.0. The number of benzene rings is 2. The van der Waals surface area contributed by atoms with Crippen LogP contribution in [0, 0.1) is 13.8 Å². The number of nitrogens with zero attached hydrogens (tertiary/aromatic N) is 6. The second-order valence-electron chi connectivity index (χ2n) is 16.7. The third-order valence-electron chi connectivity index (χ3n) is 11.5. The molecule has 0 spiro atoms. The van der Waals surface area contributed by atoms with E-state index in [1.807, 2.05) is 26.0 Å². The van der Waals surface area contributed by atoms with Gasteiger partial charge in [-0.3, -0.25) is 0 Å². The van der Waals surface area contributed by atoms with Gasteiger partial charge in [0.1, 0.15) is 32.6 Å². The van der Waals surface area contributed by atoms with Gasteiger partial charge in [-0.05, 0) is 124 Å². The molecule has 360 valence electrons. The van der Waals surface area contributed by atoms with Crippen LogP contribution in [0.25, 0.3) is 20.9 Å². The number of aliphatic carboxylic acids is 2.